The number of aldehydes is 1. The zero-order valence-corrected chi connectivity index (χ0v) is 15.6. The highest BCUT2D eigenvalue weighted by molar-refractivity contribution is 6.74. The first-order valence-electron chi connectivity index (χ1n) is 7.40. The number of carbonyl (C=O) groups is 1. The van der Waals surface area contributed by atoms with Crippen molar-refractivity contribution in [3.8, 4) is 0 Å². The third-order valence-electron chi connectivity index (χ3n) is 4.45. The Morgan fingerprint density at radius 2 is 2.09 bits per heavy atom. The van der Waals surface area contributed by atoms with Gasteiger partial charge in [-0.05, 0) is 30.3 Å². The maximum Gasteiger partial charge on any atom is 0.192 e. The zero-order chi connectivity index (χ0) is 16.5. The lowest BCUT2D eigenvalue weighted by Gasteiger charge is -2.36. The van der Waals surface area contributed by atoms with Crippen molar-refractivity contribution in [2.24, 2.45) is 0 Å². The van der Waals surface area contributed by atoms with Gasteiger partial charge in [0.2, 0.25) is 0 Å². The van der Waals surface area contributed by atoms with Crippen LogP contribution in [0.2, 0.25) is 23.3 Å². The van der Waals surface area contributed by atoms with Gasteiger partial charge < -0.3 is 8.99 Å². The first-order chi connectivity index (χ1) is 10.2. The minimum Gasteiger partial charge on any atom is -0.415 e. The molecule has 2 aromatic heterocycles. The van der Waals surface area contributed by atoms with Crippen LogP contribution >= 0.6 is 11.6 Å². The van der Waals surface area contributed by atoms with Crippen molar-refractivity contribution in [2.45, 2.75) is 45.4 Å². The van der Waals surface area contributed by atoms with Gasteiger partial charge in [0, 0.05) is 18.3 Å². The molecule has 0 bridgehead atoms. The minimum absolute atomic E-state index is 0.189. The average molecular weight is 339 g/mol. The maximum atomic E-state index is 11.3. The highest BCUT2D eigenvalue weighted by Crippen LogP contribution is 2.36. The summed E-state index contributed by atoms with van der Waals surface area (Å²) in [6.45, 7) is 12.5. The lowest BCUT2D eigenvalue weighted by Crippen LogP contribution is -2.41. The topological polar surface area (TPSA) is 44.1 Å². The van der Waals surface area contributed by atoms with Crippen molar-refractivity contribution in [3.63, 3.8) is 0 Å². The van der Waals surface area contributed by atoms with Crippen LogP contribution < -0.4 is 0 Å². The molecular weight excluding hydrogens is 316 g/mol. The van der Waals surface area contributed by atoms with Crippen LogP contribution in [0.15, 0.2) is 18.3 Å². The van der Waals surface area contributed by atoms with E-state index in [2.05, 4.69) is 38.8 Å². The van der Waals surface area contributed by atoms with Crippen molar-refractivity contribution in [1.29, 1.82) is 0 Å². The Hall–Kier alpha value is -1.17. The van der Waals surface area contributed by atoms with E-state index in [-0.39, 0.29) is 5.04 Å². The van der Waals surface area contributed by atoms with Gasteiger partial charge in [-0.25, -0.2) is 4.98 Å². The number of carbonyl (C=O) groups excluding carboxylic acids is 1. The molecule has 2 aromatic rings. The molecule has 0 saturated carbocycles. The van der Waals surface area contributed by atoms with Gasteiger partial charge in [-0.2, -0.15) is 0 Å². The van der Waals surface area contributed by atoms with Crippen LogP contribution in [0, 0.1) is 0 Å². The second kappa shape index (κ2) is 6.14. The van der Waals surface area contributed by atoms with Crippen LogP contribution in [0.4, 0.5) is 0 Å². The summed E-state index contributed by atoms with van der Waals surface area (Å²) in [4.78, 5) is 15.5. The summed E-state index contributed by atoms with van der Waals surface area (Å²) in [6.07, 6.45) is 2.75. The zero-order valence-electron chi connectivity index (χ0n) is 13.8. The summed E-state index contributed by atoms with van der Waals surface area (Å²) in [5.74, 6) is 0. The highest BCUT2D eigenvalue weighted by atomic mass is 35.5. The Morgan fingerprint density at radius 3 is 2.68 bits per heavy atom. The van der Waals surface area contributed by atoms with Gasteiger partial charge in [-0.3, -0.25) is 4.79 Å². The summed E-state index contributed by atoms with van der Waals surface area (Å²) in [5.41, 5.74) is 2.12. The number of halogens is 1. The average Bonchev–Trinajstić information content (AvgIpc) is 2.79. The van der Waals surface area contributed by atoms with Gasteiger partial charge >= 0.3 is 0 Å². The maximum absolute atomic E-state index is 11.3. The van der Waals surface area contributed by atoms with E-state index in [0.29, 0.717) is 23.9 Å². The number of hydrogen-bond acceptors (Lipinski definition) is 3. The van der Waals surface area contributed by atoms with E-state index in [4.69, 9.17) is 16.0 Å². The predicted octanol–water partition coefficient (Wildman–Crippen LogP) is 4.52. The van der Waals surface area contributed by atoms with Crippen LogP contribution in [0.25, 0.3) is 11.0 Å². The second-order valence-electron chi connectivity index (χ2n) is 7.00. The lowest BCUT2D eigenvalue weighted by atomic mass is 10.2. The van der Waals surface area contributed by atoms with Gasteiger partial charge in [0.15, 0.2) is 14.6 Å². The Kier molecular flexibility index (Phi) is 4.80. The predicted molar refractivity (Wildman–Crippen MR) is 93.3 cm³/mol. The Bertz CT molecular complexity index is 689. The van der Waals surface area contributed by atoms with Gasteiger partial charge in [0.05, 0.1) is 17.6 Å². The standard InChI is InChI=1S/C16H23ClN2O2Si/c1-16(2,3)22(4,5)21-9-8-19-7-6-13-15(19)12(11-20)10-14(17)18-13/h6-7,10-11H,8-9H2,1-5H3. The van der Waals surface area contributed by atoms with Crippen LogP contribution in [0.1, 0.15) is 31.1 Å². The van der Waals surface area contributed by atoms with Crippen molar-refractivity contribution in [3.05, 3.63) is 29.0 Å². The van der Waals surface area contributed by atoms with Gasteiger partial charge in [-0.15, -0.1) is 0 Å². The molecule has 0 aliphatic carbocycles. The van der Waals surface area contributed by atoms with E-state index in [9.17, 15) is 4.79 Å². The normalized spacial score (nSPS) is 12.8. The fourth-order valence-electron chi connectivity index (χ4n) is 2.10. The number of fused-ring (bicyclic) bond motifs is 1. The first-order valence-corrected chi connectivity index (χ1v) is 10.7. The molecule has 0 radical (unpaired) electrons. The molecule has 120 valence electrons. The quantitative estimate of drug-likeness (QED) is 0.457. The van der Waals surface area contributed by atoms with Crippen LogP contribution in [-0.4, -0.2) is 30.8 Å². The Morgan fingerprint density at radius 1 is 1.41 bits per heavy atom. The Labute approximate surface area is 137 Å². The molecule has 2 heterocycles. The third-order valence-corrected chi connectivity index (χ3v) is 9.18. The number of nitrogens with zero attached hydrogens (tertiary/aromatic N) is 2. The van der Waals surface area contributed by atoms with E-state index in [1.165, 1.54) is 0 Å². The van der Waals surface area contributed by atoms with Crippen molar-refractivity contribution in [1.82, 2.24) is 9.55 Å². The number of aromatic nitrogens is 2. The van der Waals surface area contributed by atoms with E-state index in [0.717, 1.165) is 17.3 Å². The summed E-state index contributed by atoms with van der Waals surface area (Å²) in [5, 5.41) is 0.527. The van der Waals surface area contributed by atoms with Gasteiger partial charge in [0.25, 0.3) is 0 Å². The van der Waals surface area contributed by atoms with E-state index < -0.39 is 8.32 Å². The minimum atomic E-state index is -1.76. The summed E-state index contributed by atoms with van der Waals surface area (Å²) >= 11 is 5.93. The highest BCUT2D eigenvalue weighted by Gasteiger charge is 2.36. The van der Waals surface area contributed by atoms with E-state index >= 15 is 0 Å². The third kappa shape index (κ3) is 3.42. The van der Waals surface area contributed by atoms with Crippen molar-refractivity contribution < 1.29 is 9.22 Å². The lowest BCUT2D eigenvalue weighted by molar-refractivity contribution is 0.112. The monoisotopic (exact) mass is 338 g/mol. The second-order valence-corrected chi connectivity index (χ2v) is 12.2. The van der Waals surface area contributed by atoms with Crippen molar-refractivity contribution >= 4 is 37.2 Å². The van der Waals surface area contributed by atoms with Crippen LogP contribution in [-0.2, 0) is 11.0 Å². The number of pyridine rings is 1. The molecule has 0 N–H and O–H groups in total. The largest absolute Gasteiger partial charge is 0.415 e. The van der Waals surface area contributed by atoms with Crippen LogP contribution in [0.5, 0.6) is 0 Å². The fraction of sp³-hybridized carbons (Fsp3) is 0.500. The molecule has 4 nitrogen and oxygen atoms in total. The molecule has 0 spiro atoms. The van der Waals surface area contributed by atoms with Crippen molar-refractivity contribution in [2.75, 3.05) is 6.61 Å². The molecule has 0 aliphatic rings. The fourth-order valence-corrected chi connectivity index (χ4v) is 3.34. The summed E-state index contributed by atoms with van der Waals surface area (Å²) in [6, 6.07) is 3.47. The number of rotatable bonds is 5. The van der Waals surface area contributed by atoms with Crippen LogP contribution in [0.3, 0.4) is 0 Å². The molecule has 0 unspecified atom stereocenters. The summed E-state index contributed by atoms with van der Waals surface area (Å²) < 4.78 is 8.21. The molecule has 0 fully saturated rings. The molecule has 0 amide bonds. The summed E-state index contributed by atoms with van der Waals surface area (Å²) in [7, 11) is -1.76. The van der Waals surface area contributed by atoms with E-state index in [1.807, 2.05) is 16.8 Å². The molecule has 6 heteroatoms. The molecular formula is C16H23ClN2O2Si. The SMILES string of the molecule is CC(C)(C)[Si](C)(C)OCCn1ccc2nc(Cl)cc(C=O)c21. The van der Waals surface area contributed by atoms with E-state index in [1.54, 1.807) is 6.07 Å². The number of hydrogen-bond donors (Lipinski definition) is 0. The smallest absolute Gasteiger partial charge is 0.192 e. The van der Waals surface area contributed by atoms with Gasteiger partial charge in [0.1, 0.15) is 5.15 Å². The molecule has 2 rings (SSSR count). The molecule has 0 saturated heterocycles. The molecule has 0 aromatic carbocycles. The Balaban J connectivity index is 2.18. The van der Waals surface area contributed by atoms with Gasteiger partial charge in [-0.1, -0.05) is 32.4 Å². The molecule has 0 aliphatic heterocycles. The molecule has 22 heavy (non-hydrogen) atoms. The molecule has 0 atom stereocenters. The first kappa shape index (κ1) is 17.2.